The molecule has 1 amide bonds. The molecule has 1 atom stereocenters. The molecule has 0 saturated carbocycles. The predicted molar refractivity (Wildman–Crippen MR) is 104 cm³/mol. The summed E-state index contributed by atoms with van der Waals surface area (Å²) in [6.45, 7) is 8.34. The van der Waals surface area contributed by atoms with Gasteiger partial charge < -0.3 is 14.7 Å². The summed E-state index contributed by atoms with van der Waals surface area (Å²) >= 11 is 1.69. The van der Waals surface area contributed by atoms with Gasteiger partial charge in [-0.3, -0.25) is 4.90 Å². The standard InChI is InChI=1S/C20H26N2O3S/c1-20(2,3)25-19(24)22-12-10-21(11-13-22)18(17-9-6-14-26-17)15-7-4-5-8-16(15)23/h4-9,14,18,23H,10-13H2,1-3H3/t18-/m0/s1. The second-order valence-corrected chi connectivity index (χ2v) is 8.46. The highest BCUT2D eigenvalue weighted by Gasteiger charge is 2.31. The Balaban J connectivity index is 1.75. The SMILES string of the molecule is CC(C)(C)OC(=O)N1CCN([C@H](c2cccs2)c2ccccc2O)CC1. The zero-order valence-corrected chi connectivity index (χ0v) is 16.3. The molecule has 1 fully saturated rings. The molecule has 26 heavy (non-hydrogen) atoms. The topological polar surface area (TPSA) is 53.0 Å². The Morgan fingerprint density at radius 1 is 1.12 bits per heavy atom. The van der Waals surface area contributed by atoms with E-state index in [-0.39, 0.29) is 12.1 Å². The summed E-state index contributed by atoms with van der Waals surface area (Å²) in [6.07, 6.45) is -0.257. The van der Waals surface area contributed by atoms with Gasteiger partial charge >= 0.3 is 6.09 Å². The number of aromatic hydroxyl groups is 1. The first-order chi connectivity index (χ1) is 12.3. The summed E-state index contributed by atoms with van der Waals surface area (Å²) in [6, 6.07) is 11.6. The van der Waals surface area contributed by atoms with Gasteiger partial charge in [0, 0.05) is 36.6 Å². The minimum atomic E-state index is -0.483. The monoisotopic (exact) mass is 374 g/mol. The molecule has 1 aliphatic rings. The summed E-state index contributed by atoms with van der Waals surface area (Å²) in [5, 5.41) is 12.4. The average Bonchev–Trinajstić information content (AvgIpc) is 3.10. The van der Waals surface area contributed by atoms with E-state index in [1.807, 2.05) is 45.0 Å². The van der Waals surface area contributed by atoms with Crippen LogP contribution >= 0.6 is 11.3 Å². The van der Waals surface area contributed by atoms with Gasteiger partial charge in [0.2, 0.25) is 0 Å². The van der Waals surface area contributed by atoms with Gasteiger partial charge in [0.15, 0.2) is 0 Å². The number of hydrogen-bond donors (Lipinski definition) is 1. The van der Waals surface area contributed by atoms with Crippen molar-refractivity contribution < 1.29 is 14.6 Å². The lowest BCUT2D eigenvalue weighted by Crippen LogP contribution is -2.50. The summed E-state index contributed by atoms with van der Waals surface area (Å²) < 4.78 is 5.48. The van der Waals surface area contributed by atoms with Crippen LogP contribution in [-0.2, 0) is 4.74 Å². The van der Waals surface area contributed by atoms with E-state index in [9.17, 15) is 9.90 Å². The number of piperazine rings is 1. The molecular weight excluding hydrogens is 348 g/mol. The van der Waals surface area contributed by atoms with E-state index in [0.29, 0.717) is 18.8 Å². The van der Waals surface area contributed by atoms with Crippen LogP contribution in [0.5, 0.6) is 5.75 Å². The molecule has 0 radical (unpaired) electrons. The average molecular weight is 375 g/mol. The molecule has 0 bridgehead atoms. The quantitative estimate of drug-likeness (QED) is 0.879. The van der Waals surface area contributed by atoms with Crippen molar-refractivity contribution in [2.45, 2.75) is 32.4 Å². The van der Waals surface area contributed by atoms with Crippen LogP contribution in [0.3, 0.4) is 0 Å². The third kappa shape index (κ3) is 4.37. The highest BCUT2D eigenvalue weighted by atomic mass is 32.1. The fourth-order valence-electron chi connectivity index (χ4n) is 3.18. The Morgan fingerprint density at radius 2 is 1.81 bits per heavy atom. The highest BCUT2D eigenvalue weighted by molar-refractivity contribution is 7.10. The first-order valence-corrected chi connectivity index (χ1v) is 9.76. The number of rotatable bonds is 3. The summed E-state index contributed by atoms with van der Waals surface area (Å²) in [5.74, 6) is 0.306. The van der Waals surface area contributed by atoms with Crippen LogP contribution in [0, 0.1) is 0 Å². The first kappa shape index (κ1) is 18.7. The van der Waals surface area contributed by atoms with E-state index in [1.165, 1.54) is 4.88 Å². The van der Waals surface area contributed by atoms with Gasteiger partial charge in [0.25, 0.3) is 0 Å². The zero-order chi connectivity index (χ0) is 18.7. The van der Waals surface area contributed by atoms with Crippen LogP contribution in [-0.4, -0.2) is 52.8 Å². The number of thiophene rings is 1. The van der Waals surface area contributed by atoms with E-state index in [4.69, 9.17) is 4.74 Å². The molecule has 0 unspecified atom stereocenters. The van der Waals surface area contributed by atoms with Gasteiger partial charge in [0.1, 0.15) is 11.4 Å². The number of nitrogens with zero attached hydrogens (tertiary/aromatic N) is 2. The van der Waals surface area contributed by atoms with Crippen molar-refractivity contribution in [2.24, 2.45) is 0 Å². The molecule has 5 nitrogen and oxygen atoms in total. The molecular formula is C20H26N2O3S. The van der Waals surface area contributed by atoms with Crippen LogP contribution in [0.1, 0.15) is 37.3 Å². The molecule has 1 aromatic carbocycles. The van der Waals surface area contributed by atoms with Crippen molar-refractivity contribution in [2.75, 3.05) is 26.2 Å². The van der Waals surface area contributed by atoms with Crippen LogP contribution in [0.4, 0.5) is 4.79 Å². The van der Waals surface area contributed by atoms with Gasteiger partial charge in [0.05, 0.1) is 6.04 Å². The lowest BCUT2D eigenvalue weighted by Gasteiger charge is -2.39. The van der Waals surface area contributed by atoms with E-state index in [1.54, 1.807) is 22.3 Å². The normalized spacial score (nSPS) is 17.1. The maximum Gasteiger partial charge on any atom is 0.410 e. The van der Waals surface area contributed by atoms with Crippen molar-refractivity contribution in [1.29, 1.82) is 0 Å². The Labute approximate surface area is 158 Å². The van der Waals surface area contributed by atoms with Crippen molar-refractivity contribution in [1.82, 2.24) is 9.80 Å². The number of benzene rings is 1. The second-order valence-electron chi connectivity index (χ2n) is 7.48. The Hall–Kier alpha value is -2.05. The molecule has 140 valence electrons. The molecule has 0 aliphatic carbocycles. The fraction of sp³-hybridized carbons (Fsp3) is 0.450. The van der Waals surface area contributed by atoms with Crippen molar-refractivity contribution >= 4 is 17.4 Å². The van der Waals surface area contributed by atoms with Gasteiger partial charge in [-0.05, 0) is 38.3 Å². The maximum absolute atomic E-state index is 12.3. The largest absolute Gasteiger partial charge is 0.508 e. The number of phenolic OH excluding ortho intramolecular Hbond substituents is 1. The molecule has 6 heteroatoms. The molecule has 2 heterocycles. The van der Waals surface area contributed by atoms with Crippen molar-refractivity contribution in [3.8, 4) is 5.75 Å². The third-order valence-corrected chi connectivity index (χ3v) is 5.30. The number of hydrogen-bond acceptors (Lipinski definition) is 5. The third-order valence-electron chi connectivity index (χ3n) is 4.38. The molecule has 0 spiro atoms. The van der Waals surface area contributed by atoms with Crippen molar-refractivity contribution in [3.05, 3.63) is 52.2 Å². The van der Waals surface area contributed by atoms with Gasteiger partial charge in [-0.15, -0.1) is 11.3 Å². The van der Waals surface area contributed by atoms with Crippen LogP contribution < -0.4 is 0 Å². The number of ether oxygens (including phenoxy) is 1. The van der Waals surface area contributed by atoms with Crippen LogP contribution in [0.25, 0.3) is 0 Å². The summed E-state index contributed by atoms with van der Waals surface area (Å²) in [4.78, 5) is 17.6. The fourth-order valence-corrected chi connectivity index (χ4v) is 4.06. The lowest BCUT2D eigenvalue weighted by molar-refractivity contribution is 0.0119. The van der Waals surface area contributed by atoms with Gasteiger partial charge in [-0.2, -0.15) is 0 Å². The lowest BCUT2D eigenvalue weighted by atomic mass is 10.0. The van der Waals surface area contributed by atoms with E-state index in [2.05, 4.69) is 16.3 Å². The molecule has 1 aliphatic heterocycles. The number of carbonyl (C=O) groups excluding carboxylic acids is 1. The smallest absolute Gasteiger partial charge is 0.410 e. The second kappa shape index (κ2) is 7.68. The number of phenols is 1. The number of para-hydroxylation sites is 1. The molecule has 1 N–H and O–H groups in total. The van der Waals surface area contributed by atoms with E-state index >= 15 is 0 Å². The summed E-state index contributed by atoms with van der Waals surface area (Å²) in [7, 11) is 0. The molecule has 1 saturated heterocycles. The minimum absolute atomic E-state index is 0.00279. The Bertz CT molecular complexity index is 732. The van der Waals surface area contributed by atoms with Gasteiger partial charge in [-0.1, -0.05) is 24.3 Å². The molecule has 2 aromatic rings. The molecule has 1 aromatic heterocycles. The number of amides is 1. The number of carbonyl (C=O) groups is 1. The Kier molecular flexibility index (Phi) is 5.53. The maximum atomic E-state index is 12.3. The van der Waals surface area contributed by atoms with Crippen LogP contribution in [0.2, 0.25) is 0 Å². The van der Waals surface area contributed by atoms with E-state index < -0.39 is 5.60 Å². The zero-order valence-electron chi connectivity index (χ0n) is 15.5. The van der Waals surface area contributed by atoms with E-state index in [0.717, 1.165) is 18.7 Å². The Morgan fingerprint density at radius 3 is 2.38 bits per heavy atom. The minimum Gasteiger partial charge on any atom is -0.508 e. The predicted octanol–water partition coefficient (Wildman–Crippen LogP) is 4.10. The summed E-state index contributed by atoms with van der Waals surface area (Å²) in [5.41, 5.74) is 0.421. The molecule has 3 rings (SSSR count). The van der Waals surface area contributed by atoms with Crippen LogP contribution in [0.15, 0.2) is 41.8 Å². The van der Waals surface area contributed by atoms with Crippen molar-refractivity contribution in [3.63, 3.8) is 0 Å². The first-order valence-electron chi connectivity index (χ1n) is 8.88. The van der Waals surface area contributed by atoms with Gasteiger partial charge in [-0.25, -0.2) is 4.79 Å². The highest BCUT2D eigenvalue weighted by Crippen LogP contribution is 2.36.